The molecule has 0 radical (unpaired) electrons. The Bertz CT molecular complexity index is 1060. The summed E-state index contributed by atoms with van der Waals surface area (Å²) in [5, 5.41) is 17.3. The molecule has 1 fully saturated rings. The Morgan fingerprint density at radius 1 is 1.26 bits per heavy atom. The van der Waals surface area contributed by atoms with E-state index >= 15 is 0 Å². The minimum atomic E-state index is 0.299. The first-order valence-electron chi connectivity index (χ1n) is 9.05. The van der Waals surface area contributed by atoms with Gasteiger partial charge in [-0.25, -0.2) is 4.98 Å². The van der Waals surface area contributed by atoms with E-state index in [2.05, 4.69) is 20.3 Å². The van der Waals surface area contributed by atoms with Crippen LogP contribution in [0.3, 0.4) is 0 Å². The highest BCUT2D eigenvalue weighted by Gasteiger charge is 2.25. The molecule has 0 amide bonds. The topological polar surface area (TPSA) is 96.2 Å². The van der Waals surface area contributed by atoms with Gasteiger partial charge in [-0.3, -0.25) is 4.68 Å². The van der Waals surface area contributed by atoms with E-state index in [4.69, 9.17) is 14.3 Å². The average molecular weight is 365 g/mol. The van der Waals surface area contributed by atoms with Crippen LogP contribution < -0.4 is 4.74 Å². The number of aryl methyl sites for hydroxylation is 1. The van der Waals surface area contributed by atoms with Crippen molar-refractivity contribution in [3.05, 3.63) is 42.2 Å². The van der Waals surface area contributed by atoms with Gasteiger partial charge in [-0.05, 0) is 37.0 Å². The minimum Gasteiger partial charge on any atom is -0.468 e. The van der Waals surface area contributed by atoms with Crippen LogP contribution >= 0.6 is 0 Å². The predicted molar refractivity (Wildman–Crippen MR) is 95.0 cm³/mol. The highest BCUT2D eigenvalue weighted by Crippen LogP contribution is 2.38. The molecular weight excluding hydrogens is 346 g/mol. The van der Waals surface area contributed by atoms with Crippen LogP contribution in [0.2, 0.25) is 0 Å². The molecule has 9 nitrogen and oxygen atoms in total. The number of aromatic nitrogens is 7. The normalized spacial score (nSPS) is 15.0. The van der Waals surface area contributed by atoms with Crippen LogP contribution in [0.1, 0.15) is 43.0 Å². The second kappa shape index (κ2) is 6.49. The van der Waals surface area contributed by atoms with Gasteiger partial charge >= 0.3 is 0 Å². The van der Waals surface area contributed by atoms with E-state index in [0.717, 1.165) is 24.2 Å². The maximum Gasteiger partial charge on any atom is 0.235 e. The Balaban J connectivity index is 1.57. The third-order valence-corrected chi connectivity index (χ3v) is 5.07. The van der Waals surface area contributed by atoms with Gasteiger partial charge in [-0.1, -0.05) is 12.8 Å². The molecule has 1 saturated carbocycles. The van der Waals surface area contributed by atoms with E-state index in [1.165, 1.54) is 19.2 Å². The smallest absolute Gasteiger partial charge is 0.235 e. The second-order valence-corrected chi connectivity index (χ2v) is 6.75. The lowest BCUT2D eigenvalue weighted by Gasteiger charge is -2.15. The van der Waals surface area contributed by atoms with Crippen LogP contribution in [-0.2, 0) is 13.7 Å². The molecule has 1 aliphatic rings. The Morgan fingerprint density at radius 2 is 2.15 bits per heavy atom. The molecule has 138 valence electrons. The summed E-state index contributed by atoms with van der Waals surface area (Å²) in [6.45, 7) is 0.299. The third-order valence-electron chi connectivity index (χ3n) is 5.07. The van der Waals surface area contributed by atoms with Crippen LogP contribution in [0, 0.1) is 0 Å². The van der Waals surface area contributed by atoms with Gasteiger partial charge in [-0.2, -0.15) is 9.61 Å². The summed E-state index contributed by atoms with van der Waals surface area (Å²) in [4.78, 5) is 4.22. The lowest BCUT2D eigenvalue weighted by atomic mass is 9.99. The van der Waals surface area contributed by atoms with Crippen LogP contribution in [0.25, 0.3) is 17.2 Å². The van der Waals surface area contributed by atoms with Gasteiger partial charge in [0.1, 0.15) is 12.9 Å². The molecule has 5 rings (SSSR count). The van der Waals surface area contributed by atoms with Crippen LogP contribution in [0.15, 0.2) is 35.2 Å². The van der Waals surface area contributed by atoms with Crippen molar-refractivity contribution in [1.82, 2.24) is 34.6 Å². The molecule has 0 aliphatic heterocycles. The van der Waals surface area contributed by atoms with E-state index in [9.17, 15) is 0 Å². The molecule has 0 aromatic carbocycles. The summed E-state index contributed by atoms with van der Waals surface area (Å²) in [6.07, 6.45) is 7.84. The number of hydrogen-bond acceptors (Lipinski definition) is 7. The summed E-state index contributed by atoms with van der Waals surface area (Å²) in [5.41, 5.74) is 1.77. The van der Waals surface area contributed by atoms with Crippen LogP contribution in [0.4, 0.5) is 0 Å². The molecule has 1 aliphatic carbocycles. The third kappa shape index (κ3) is 2.84. The van der Waals surface area contributed by atoms with Crippen LogP contribution in [-0.4, -0.2) is 34.6 Å². The summed E-state index contributed by atoms with van der Waals surface area (Å²) in [6, 6.07) is 5.69. The van der Waals surface area contributed by atoms with Gasteiger partial charge in [0, 0.05) is 12.6 Å². The summed E-state index contributed by atoms with van der Waals surface area (Å²) >= 11 is 0. The lowest BCUT2D eigenvalue weighted by Crippen LogP contribution is -2.10. The van der Waals surface area contributed by atoms with Crippen molar-refractivity contribution in [3.63, 3.8) is 0 Å². The fraction of sp³-hybridized carbons (Fsp3) is 0.389. The molecule has 9 heteroatoms. The Kier molecular flexibility index (Phi) is 3.84. The van der Waals surface area contributed by atoms with Crippen molar-refractivity contribution in [2.24, 2.45) is 7.05 Å². The first-order valence-corrected chi connectivity index (χ1v) is 9.05. The second-order valence-electron chi connectivity index (χ2n) is 6.75. The molecule has 4 aromatic heterocycles. The van der Waals surface area contributed by atoms with Gasteiger partial charge in [0.25, 0.3) is 0 Å². The summed E-state index contributed by atoms with van der Waals surface area (Å²) in [5.74, 6) is 2.93. The zero-order chi connectivity index (χ0) is 18.2. The van der Waals surface area contributed by atoms with Gasteiger partial charge in [0.15, 0.2) is 17.2 Å². The van der Waals surface area contributed by atoms with E-state index in [1.54, 1.807) is 15.5 Å². The molecular formula is C18H19N7O2. The Labute approximate surface area is 155 Å². The molecule has 0 spiro atoms. The first-order chi connectivity index (χ1) is 13.3. The number of rotatable bonds is 5. The Morgan fingerprint density at radius 3 is 2.89 bits per heavy atom. The van der Waals surface area contributed by atoms with Crippen molar-refractivity contribution in [2.75, 3.05) is 0 Å². The van der Waals surface area contributed by atoms with Crippen molar-refractivity contribution in [3.8, 4) is 17.5 Å². The molecule has 0 saturated heterocycles. The minimum absolute atomic E-state index is 0.299. The fourth-order valence-electron chi connectivity index (χ4n) is 3.61. The first kappa shape index (κ1) is 16.0. The molecule has 0 N–H and O–H groups in total. The van der Waals surface area contributed by atoms with Gasteiger partial charge in [0.05, 0.1) is 6.26 Å². The van der Waals surface area contributed by atoms with Crippen molar-refractivity contribution < 1.29 is 9.15 Å². The predicted octanol–water partition coefficient (Wildman–Crippen LogP) is 2.75. The highest BCUT2D eigenvalue weighted by molar-refractivity contribution is 5.54. The fourth-order valence-corrected chi connectivity index (χ4v) is 3.61. The monoisotopic (exact) mass is 365 g/mol. The lowest BCUT2D eigenvalue weighted by molar-refractivity contribution is 0.269. The number of fused-ring (bicyclic) bond motifs is 1. The van der Waals surface area contributed by atoms with Crippen molar-refractivity contribution in [2.45, 2.75) is 38.2 Å². The molecule has 27 heavy (non-hydrogen) atoms. The summed E-state index contributed by atoms with van der Waals surface area (Å²) < 4.78 is 14.9. The maximum atomic E-state index is 6.08. The van der Waals surface area contributed by atoms with Crippen molar-refractivity contribution >= 4 is 5.65 Å². The number of ether oxygens (including phenoxy) is 1. The molecule has 4 heterocycles. The quantitative estimate of drug-likeness (QED) is 0.536. The summed E-state index contributed by atoms with van der Waals surface area (Å²) in [7, 11) is 1.84. The average Bonchev–Trinajstić information content (AvgIpc) is 3.45. The zero-order valence-corrected chi connectivity index (χ0v) is 14.9. The highest BCUT2D eigenvalue weighted by atomic mass is 16.5. The van der Waals surface area contributed by atoms with E-state index < -0.39 is 0 Å². The van der Waals surface area contributed by atoms with Gasteiger partial charge in [0.2, 0.25) is 11.7 Å². The van der Waals surface area contributed by atoms with Gasteiger partial charge < -0.3 is 9.15 Å². The SMILES string of the molecule is Cn1ncnc1COc1nn2c(-c3ccco3)nnc2cc1C1CCCC1. The van der Waals surface area contributed by atoms with E-state index in [1.807, 2.05) is 25.2 Å². The van der Waals surface area contributed by atoms with Crippen LogP contribution in [0.5, 0.6) is 5.88 Å². The van der Waals surface area contributed by atoms with Crippen molar-refractivity contribution in [1.29, 1.82) is 0 Å². The standard InChI is InChI=1S/C18H19N7O2/c1-24-16(19-11-20-24)10-27-18-13(12-5-2-3-6-12)9-15-21-22-17(25(15)23-18)14-7-4-8-26-14/h4,7-9,11-12H,2-3,5-6,10H2,1H3. The number of furan rings is 1. The van der Waals surface area contributed by atoms with E-state index in [0.29, 0.717) is 35.6 Å². The number of nitrogens with zero attached hydrogens (tertiary/aromatic N) is 7. The molecule has 0 bridgehead atoms. The molecule has 0 unspecified atom stereocenters. The zero-order valence-electron chi connectivity index (χ0n) is 14.9. The number of hydrogen-bond donors (Lipinski definition) is 0. The molecule has 0 atom stereocenters. The van der Waals surface area contributed by atoms with Gasteiger partial charge in [-0.15, -0.1) is 15.3 Å². The Hall–Kier alpha value is -3.23. The maximum absolute atomic E-state index is 6.08. The molecule has 4 aromatic rings. The largest absolute Gasteiger partial charge is 0.468 e. The van der Waals surface area contributed by atoms with E-state index in [-0.39, 0.29) is 0 Å².